The first-order valence-electron chi connectivity index (χ1n) is 6.55. The molecule has 0 radical (unpaired) electrons. The maximum atomic E-state index is 11.0. The van der Waals surface area contributed by atoms with Crippen molar-refractivity contribution in [2.45, 2.75) is 37.6 Å². The summed E-state index contributed by atoms with van der Waals surface area (Å²) in [6.07, 6.45) is 1.97. The third-order valence-electron chi connectivity index (χ3n) is 4.26. The van der Waals surface area contributed by atoms with Gasteiger partial charge in [-0.15, -0.1) is 0 Å². The van der Waals surface area contributed by atoms with E-state index in [1.54, 1.807) is 12.1 Å². The molecule has 0 bridgehead atoms. The number of halogens is 1. The van der Waals surface area contributed by atoms with Gasteiger partial charge in [-0.25, -0.2) is 0 Å². The van der Waals surface area contributed by atoms with E-state index in [1.807, 2.05) is 0 Å². The molecule has 3 unspecified atom stereocenters. The molecule has 0 N–H and O–H groups in total. The van der Waals surface area contributed by atoms with Crippen molar-refractivity contribution < 1.29 is 14.4 Å². The fourth-order valence-corrected chi connectivity index (χ4v) is 3.41. The van der Waals surface area contributed by atoms with E-state index in [-0.39, 0.29) is 23.0 Å². The van der Waals surface area contributed by atoms with E-state index in [4.69, 9.17) is 9.47 Å². The van der Waals surface area contributed by atoms with Gasteiger partial charge in [-0.05, 0) is 25.0 Å². The summed E-state index contributed by atoms with van der Waals surface area (Å²) in [4.78, 5) is 11.0. The third kappa shape index (κ3) is 2.49. The fraction of sp³-hybridized carbons (Fsp3) is 0.571. The van der Waals surface area contributed by atoms with E-state index in [0.717, 1.165) is 12.8 Å². The summed E-state index contributed by atoms with van der Waals surface area (Å²) < 4.78 is 10.9. The summed E-state index contributed by atoms with van der Waals surface area (Å²) >= 11 is 3.65. The largest absolute Gasteiger partial charge is 0.490 e. The molecule has 1 saturated carbocycles. The third-order valence-corrected chi connectivity index (χ3v) is 5.68. The Bertz CT molecular complexity index is 522. The summed E-state index contributed by atoms with van der Waals surface area (Å²) in [6.45, 7) is 4.29. The monoisotopic (exact) mass is 343 g/mol. The lowest BCUT2D eigenvalue weighted by molar-refractivity contribution is -0.385. The molecule has 1 aromatic rings. The van der Waals surface area contributed by atoms with Gasteiger partial charge in [0.15, 0.2) is 5.75 Å². The number of ether oxygens (including phenoxy) is 2. The van der Waals surface area contributed by atoms with Crippen molar-refractivity contribution in [2.24, 2.45) is 5.41 Å². The molecule has 0 amide bonds. The molecule has 6 heteroatoms. The zero-order valence-electron chi connectivity index (χ0n) is 11.8. The molecular formula is C14H18BrNO4. The van der Waals surface area contributed by atoms with Gasteiger partial charge in [0.25, 0.3) is 0 Å². The van der Waals surface area contributed by atoms with Crippen LogP contribution in [0.3, 0.4) is 0 Å². The van der Waals surface area contributed by atoms with Crippen LogP contribution in [0.15, 0.2) is 18.2 Å². The highest BCUT2D eigenvalue weighted by molar-refractivity contribution is 9.09. The van der Waals surface area contributed by atoms with Crippen LogP contribution in [0.5, 0.6) is 11.5 Å². The highest BCUT2D eigenvalue weighted by atomic mass is 79.9. The van der Waals surface area contributed by atoms with Gasteiger partial charge in [0.05, 0.1) is 18.1 Å². The summed E-state index contributed by atoms with van der Waals surface area (Å²) in [5.41, 5.74) is -0.00718. The normalized spacial score (nSPS) is 28.6. The number of benzene rings is 1. The van der Waals surface area contributed by atoms with Crippen LogP contribution in [0.4, 0.5) is 5.69 Å². The fourth-order valence-electron chi connectivity index (χ4n) is 2.45. The number of nitrogens with zero attached hydrogens (tertiary/aromatic N) is 1. The Morgan fingerprint density at radius 3 is 2.75 bits per heavy atom. The van der Waals surface area contributed by atoms with Crippen molar-refractivity contribution in [1.82, 2.24) is 0 Å². The van der Waals surface area contributed by atoms with Gasteiger partial charge < -0.3 is 9.47 Å². The predicted molar refractivity (Wildman–Crippen MR) is 79.8 cm³/mol. The molecule has 1 aliphatic carbocycles. The molecule has 110 valence electrons. The van der Waals surface area contributed by atoms with Gasteiger partial charge in [0.2, 0.25) is 0 Å². The molecule has 20 heavy (non-hydrogen) atoms. The van der Waals surface area contributed by atoms with Crippen LogP contribution in [0.25, 0.3) is 0 Å². The first-order valence-corrected chi connectivity index (χ1v) is 7.47. The van der Waals surface area contributed by atoms with Gasteiger partial charge >= 0.3 is 5.69 Å². The van der Waals surface area contributed by atoms with Crippen molar-refractivity contribution in [1.29, 1.82) is 0 Å². The minimum absolute atomic E-state index is 0.0642. The highest BCUT2D eigenvalue weighted by Gasteiger charge is 2.50. The average molecular weight is 344 g/mol. The van der Waals surface area contributed by atoms with E-state index in [1.165, 1.54) is 13.2 Å². The number of methoxy groups -OCH3 is 1. The average Bonchev–Trinajstić information content (AvgIpc) is 2.45. The Morgan fingerprint density at radius 2 is 2.25 bits per heavy atom. The van der Waals surface area contributed by atoms with Gasteiger partial charge in [-0.3, -0.25) is 10.1 Å². The van der Waals surface area contributed by atoms with Crippen molar-refractivity contribution in [3.63, 3.8) is 0 Å². The van der Waals surface area contributed by atoms with E-state index < -0.39 is 4.92 Å². The van der Waals surface area contributed by atoms with Crippen molar-refractivity contribution >= 4 is 21.6 Å². The topological polar surface area (TPSA) is 61.6 Å². The molecule has 1 fully saturated rings. The second-order valence-electron chi connectivity index (χ2n) is 5.26. The molecule has 3 atom stereocenters. The number of nitro groups is 1. The van der Waals surface area contributed by atoms with Crippen LogP contribution in [-0.4, -0.2) is 23.0 Å². The second kappa shape index (κ2) is 5.60. The lowest BCUT2D eigenvalue weighted by atomic mass is 9.65. The molecule has 0 spiro atoms. The van der Waals surface area contributed by atoms with E-state index in [9.17, 15) is 10.1 Å². The minimum Gasteiger partial charge on any atom is -0.490 e. The van der Waals surface area contributed by atoms with Gasteiger partial charge in [0, 0.05) is 10.2 Å². The number of alkyl halides is 1. The number of hydrogen-bond acceptors (Lipinski definition) is 4. The molecule has 0 heterocycles. The van der Waals surface area contributed by atoms with Crippen molar-refractivity contribution in [3.05, 3.63) is 28.3 Å². The lowest BCUT2D eigenvalue weighted by Gasteiger charge is -2.50. The smallest absolute Gasteiger partial charge is 0.314 e. The Morgan fingerprint density at radius 1 is 1.55 bits per heavy atom. The molecule has 0 aromatic heterocycles. The summed E-state index contributed by atoms with van der Waals surface area (Å²) in [6, 6.07) is 4.71. The highest BCUT2D eigenvalue weighted by Crippen LogP contribution is 2.50. The Kier molecular flexibility index (Phi) is 4.22. The molecule has 5 nitrogen and oxygen atoms in total. The zero-order valence-corrected chi connectivity index (χ0v) is 13.3. The summed E-state index contributed by atoms with van der Waals surface area (Å²) in [5, 5.41) is 11.0. The second-order valence-corrected chi connectivity index (χ2v) is 6.37. The quantitative estimate of drug-likeness (QED) is 0.461. The lowest BCUT2D eigenvalue weighted by Crippen LogP contribution is -2.54. The van der Waals surface area contributed by atoms with Gasteiger partial charge in [-0.1, -0.05) is 29.8 Å². The summed E-state index contributed by atoms with van der Waals surface area (Å²) in [7, 11) is 1.42. The maximum Gasteiger partial charge on any atom is 0.314 e. The Hall–Kier alpha value is -1.30. The summed E-state index contributed by atoms with van der Waals surface area (Å²) in [5.74, 6) is 0.758. The first-order chi connectivity index (χ1) is 9.42. The van der Waals surface area contributed by atoms with Crippen LogP contribution < -0.4 is 9.47 Å². The molecule has 1 aromatic carbocycles. The van der Waals surface area contributed by atoms with Crippen LogP contribution >= 0.6 is 15.9 Å². The van der Waals surface area contributed by atoms with Crippen molar-refractivity contribution in [2.75, 3.05) is 7.11 Å². The van der Waals surface area contributed by atoms with Crippen LogP contribution in [-0.2, 0) is 0 Å². The Labute approximate surface area is 126 Å². The SMILES string of the molecule is CCC1(C)C(Br)CC1Oc1ccc(OC)c([N+](=O)[O-])c1. The predicted octanol–water partition coefficient (Wildman–Crippen LogP) is 3.93. The number of hydrogen-bond donors (Lipinski definition) is 0. The van der Waals surface area contributed by atoms with Crippen LogP contribution in [0.2, 0.25) is 0 Å². The standard InChI is InChI=1S/C14H18BrNO4/c1-4-14(2)12(15)8-13(14)20-9-5-6-11(19-3)10(7-9)16(17)18/h5-7,12-13H,4,8H2,1-3H3. The van der Waals surface area contributed by atoms with E-state index in [0.29, 0.717) is 10.6 Å². The van der Waals surface area contributed by atoms with Gasteiger partial charge in [-0.2, -0.15) is 0 Å². The van der Waals surface area contributed by atoms with Crippen LogP contribution in [0.1, 0.15) is 26.7 Å². The molecule has 0 saturated heterocycles. The van der Waals surface area contributed by atoms with E-state index in [2.05, 4.69) is 29.8 Å². The van der Waals surface area contributed by atoms with E-state index >= 15 is 0 Å². The van der Waals surface area contributed by atoms with Gasteiger partial charge in [0.1, 0.15) is 11.9 Å². The maximum absolute atomic E-state index is 11.0. The minimum atomic E-state index is -0.460. The zero-order chi connectivity index (χ0) is 14.9. The number of rotatable bonds is 5. The Balaban J connectivity index is 2.19. The molecule has 0 aliphatic heterocycles. The number of nitro benzene ring substituents is 1. The molecule has 2 rings (SSSR count). The first kappa shape index (κ1) is 15.1. The molecule has 1 aliphatic rings. The van der Waals surface area contributed by atoms with Crippen molar-refractivity contribution in [3.8, 4) is 11.5 Å². The van der Waals surface area contributed by atoms with Crippen LogP contribution in [0, 0.1) is 15.5 Å². The molecular weight excluding hydrogens is 326 g/mol.